The predicted octanol–water partition coefficient (Wildman–Crippen LogP) is 5.36. The number of methoxy groups -OCH3 is 1. The number of carbonyl (C=O) groups excluding carboxylic acids is 2. The van der Waals surface area contributed by atoms with E-state index in [-0.39, 0.29) is 22.6 Å². The van der Waals surface area contributed by atoms with Crippen LogP contribution in [0.1, 0.15) is 15.9 Å². The van der Waals surface area contributed by atoms with Gasteiger partial charge in [0.15, 0.2) is 11.5 Å². The summed E-state index contributed by atoms with van der Waals surface area (Å²) in [7, 11) is 1.39. The summed E-state index contributed by atoms with van der Waals surface area (Å²) in [5.41, 5.74) is 1.06. The molecular weight excluding hydrogens is 479 g/mol. The third-order valence-electron chi connectivity index (χ3n) is 4.27. The van der Waals surface area contributed by atoms with E-state index in [1.807, 2.05) is 6.07 Å². The number of halogens is 2. The number of nitriles is 1. The predicted molar refractivity (Wildman–Crippen MR) is 121 cm³/mol. The van der Waals surface area contributed by atoms with Crippen LogP contribution < -0.4 is 14.8 Å². The summed E-state index contributed by atoms with van der Waals surface area (Å²) in [6.07, 6.45) is 1.39. The number of esters is 1. The lowest BCUT2D eigenvalue weighted by Gasteiger charge is -2.10. The second-order valence-electron chi connectivity index (χ2n) is 6.41. The van der Waals surface area contributed by atoms with Crippen LogP contribution in [0.2, 0.25) is 0 Å². The molecule has 0 atom stereocenters. The molecule has 0 heterocycles. The summed E-state index contributed by atoms with van der Waals surface area (Å²) < 4.78 is 24.3. The first kappa shape index (κ1) is 22.7. The SMILES string of the molecule is COc1cc(/C=C(/C#N)C(=O)Nc2ccccc2Br)ccc1OC(=O)c1ccc(F)cc1. The number of anilines is 1. The van der Waals surface area contributed by atoms with E-state index in [4.69, 9.17) is 9.47 Å². The normalized spacial score (nSPS) is 10.8. The smallest absolute Gasteiger partial charge is 0.343 e. The summed E-state index contributed by atoms with van der Waals surface area (Å²) in [4.78, 5) is 24.8. The number of benzene rings is 3. The van der Waals surface area contributed by atoms with Crippen molar-refractivity contribution in [2.24, 2.45) is 0 Å². The number of ether oxygens (including phenoxy) is 2. The van der Waals surface area contributed by atoms with E-state index in [9.17, 15) is 19.2 Å². The Hall–Kier alpha value is -3.96. The van der Waals surface area contributed by atoms with Gasteiger partial charge in [0, 0.05) is 4.47 Å². The van der Waals surface area contributed by atoms with Gasteiger partial charge >= 0.3 is 5.97 Å². The van der Waals surface area contributed by atoms with Crippen molar-refractivity contribution in [3.8, 4) is 17.6 Å². The molecule has 0 saturated heterocycles. The summed E-state index contributed by atoms with van der Waals surface area (Å²) >= 11 is 3.34. The Morgan fingerprint density at radius 1 is 1.06 bits per heavy atom. The van der Waals surface area contributed by atoms with E-state index in [0.717, 1.165) is 12.1 Å². The van der Waals surface area contributed by atoms with E-state index in [1.165, 1.54) is 37.5 Å². The molecule has 0 aliphatic heterocycles. The van der Waals surface area contributed by atoms with E-state index in [0.29, 0.717) is 15.7 Å². The highest BCUT2D eigenvalue weighted by atomic mass is 79.9. The molecule has 8 heteroatoms. The molecule has 3 aromatic rings. The monoisotopic (exact) mass is 494 g/mol. The van der Waals surface area contributed by atoms with Crippen LogP contribution in [0.15, 0.2) is 76.8 Å². The van der Waals surface area contributed by atoms with Gasteiger partial charge in [0.05, 0.1) is 18.4 Å². The molecule has 6 nitrogen and oxygen atoms in total. The van der Waals surface area contributed by atoms with Crippen molar-refractivity contribution in [3.63, 3.8) is 0 Å². The number of hydrogen-bond donors (Lipinski definition) is 1. The molecule has 0 unspecified atom stereocenters. The van der Waals surface area contributed by atoms with Crippen molar-refractivity contribution < 1.29 is 23.5 Å². The minimum Gasteiger partial charge on any atom is -0.493 e. The molecule has 1 N–H and O–H groups in total. The zero-order valence-electron chi connectivity index (χ0n) is 16.8. The molecule has 0 saturated carbocycles. The molecule has 0 radical (unpaired) electrons. The van der Waals surface area contributed by atoms with E-state index in [1.54, 1.807) is 30.3 Å². The topological polar surface area (TPSA) is 88.4 Å². The maximum atomic E-state index is 13.0. The second-order valence-corrected chi connectivity index (χ2v) is 7.26. The van der Waals surface area contributed by atoms with Gasteiger partial charge in [-0.25, -0.2) is 9.18 Å². The molecule has 32 heavy (non-hydrogen) atoms. The summed E-state index contributed by atoms with van der Waals surface area (Å²) in [5.74, 6) is -1.37. The van der Waals surface area contributed by atoms with Crippen molar-refractivity contribution in [2.75, 3.05) is 12.4 Å². The minimum absolute atomic E-state index is 0.126. The lowest BCUT2D eigenvalue weighted by Crippen LogP contribution is -2.13. The lowest BCUT2D eigenvalue weighted by atomic mass is 10.1. The number of carbonyl (C=O) groups is 2. The zero-order valence-corrected chi connectivity index (χ0v) is 18.4. The van der Waals surface area contributed by atoms with Crippen LogP contribution in [-0.2, 0) is 4.79 Å². The van der Waals surface area contributed by atoms with Gasteiger partial charge in [0.1, 0.15) is 17.5 Å². The molecule has 3 rings (SSSR count). The molecule has 1 amide bonds. The van der Waals surface area contributed by atoms with Gasteiger partial charge in [-0.15, -0.1) is 0 Å². The number of hydrogen-bond acceptors (Lipinski definition) is 5. The molecule has 0 spiro atoms. The Morgan fingerprint density at radius 3 is 2.44 bits per heavy atom. The van der Waals surface area contributed by atoms with Crippen molar-refractivity contribution >= 4 is 39.6 Å². The molecule has 0 aliphatic carbocycles. The van der Waals surface area contributed by atoms with Crippen LogP contribution in [0.4, 0.5) is 10.1 Å². The molecule has 0 fully saturated rings. The highest BCUT2D eigenvalue weighted by Crippen LogP contribution is 2.30. The Labute approximate surface area is 192 Å². The van der Waals surface area contributed by atoms with Crippen LogP contribution in [0.25, 0.3) is 6.08 Å². The molecular formula is C24H16BrFN2O4. The average Bonchev–Trinajstić information content (AvgIpc) is 2.80. The molecule has 160 valence electrons. The number of rotatable bonds is 6. The lowest BCUT2D eigenvalue weighted by molar-refractivity contribution is -0.112. The van der Waals surface area contributed by atoms with Gasteiger partial charge in [-0.2, -0.15) is 5.26 Å². The Morgan fingerprint density at radius 2 is 1.78 bits per heavy atom. The molecule has 3 aromatic carbocycles. The Balaban J connectivity index is 1.80. The largest absolute Gasteiger partial charge is 0.493 e. The van der Waals surface area contributed by atoms with E-state index in [2.05, 4.69) is 21.2 Å². The van der Waals surface area contributed by atoms with Crippen LogP contribution in [0, 0.1) is 17.1 Å². The first-order chi connectivity index (χ1) is 15.4. The van der Waals surface area contributed by atoms with Gasteiger partial charge in [0.2, 0.25) is 0 Å². The first-order valence-corrected chi connectivity index (χ1v) is 10.0. The van der Waals surface area contributed by atoms with Crippen LogP contribution in [0.5, 0.6) is 11.5 Å². The average molecular weight is 495 g/mol. The van der Waals surface area contributed by atoms with Crippen molar-refractivity contribution in [1.82, 2.24) is 0 Å². The van der Waals surface area contributed by atoms with Gasteiger partial charge in [-0.3, -0.25) is 4.79 Å². The van der Waals surface area contributed by atoms with Gasteiger partial charge in [0.25, 0.3) is 5.91 Å². The fourth-order valence-electron chi connectivity index (χ4n) is 2.67. The van der Waals surface area contributed by atoms with Crippen LogP contribution >= 0.6 is 15.9 Å². The molecule has 0 bridgehead atoms. The molecule has 0 aliphatic rings. The Bertz CT molecular complexity index is 1230. The molecule has 0 aromatic heterocycles. The van der Waals surface area contributed by atoms with Gasteiger partial charge in [-0.05, 0) is 76.1 Å². The number of nitrogens with one attached hydrogen (secondary N) is 1. The number of nitrogens with zero attached hydrogens (tertiary/aromatic N) is 1. The number of amides is 1. The summed E-state index contributed by atoms with van der Waals surface area (Å²) in [6.45, 7) is 0. The fraction of sp³-hybridized carbons (Fsp3) is 0.0417. The van der Waals surface area contributed by atoms with Crippen molar-refractivity contribution in [1.29, 1.82) is 5.26 Å². The summed E-state index contributed by atoms with van der Waals surface area (Å²) in [5, 5.41) is 12.1. The van der Waals surface area contributed by atoms with E-state index < -0.39 is 17.7 Å². The third-order valence-corrected chi connectivity index (χ3v) is 4.96. The highest BCUT2D eigenvalue weighted by Gasteiger charge is 2.15. The second kappa shape index (κ2) is 10.4. The van der Waals surface area contributed by atoms with Gasteiger partial charge < -0.3 is 14.8 Å². The summed E-state index contributed by atoms with van der Waals surface area (Å²) in [6, 6.07) is 18.4. The minimum atomic E-state index is -0.683. The van der Waals surface area contributed by atoms with Crippen LogP contribution in [0.3, 0.4) is 0 Å². The third kappa shape index (κ3) is 5.59. The van der Waals surface area contributed by atoms with Crippen LogP contribution in [-0.4, -0.2) is 19.0 Å². The van der Waals surface area contributed by atoms with Crippen molar-refractivity contribution in [3.05, 3.63) is 93.7 Å². The first-order valence-electron chi connectivity index (χ1n) is 9.24. The zero-order chi connectivity index (χ0) is 23.1. The van der Waals surface area contributed by atoms with E-state index >= 15 is 0 Å². The Kier molecular flexibility index (Phi) is 7.37. The quantitative estimate of drug-likeness (QED) is 0.215. The highest BCUT2D eigenvalue weighted by molar-refractivity contribution is 9.10. The standard InChI is InChI=1S/C24H16BrFN2O4/c1-31-22-13-15(6-11-21(22)32-24(30)16-7-9-18(26)10-8-16)12-17(14-27)23(29)28-20-5-3-2-4-19(20)25/h2-13H,1H3,(H,28,29)/b17-12-. The maximum Gasteiger partial charge on any atom is 0.343 e. The maximum absolute atomic E-state index is 13.0. The van der Waals surface area contributed by atoms with Gasteiger partial charge in [-0.1, -0.05) is 18.2 Å². The van der Waals surface area contributed by atoms with Crippen molar-refractivity contribution in [2.45, 2.75) is 0 Å². The fourth-order valence-corrected chi connectivity index (χ4v) is 3.05. The number of para-hydroxylation sites is 1.